The molecule has 0 saturated carbocycles. The molecule has 0 aromatic heterocycles. The van der Waals surface area contributed by atoms with Gasteiger partial charge in [-0.1, -0.05) is 24.3 Å². The first-order chi connectivity index (χ1) is 8.16. The van der Waals surface area contributed by atoms with E-state index in [0.717, 1.165) is 0 Å². The molecule has 1 aromatic rings. The molecule has 1 unspecified atom stereocenters. The average molecular weight is 231 g/mol. The quantitative estimate of drug-likeness (QED) is 0.488. The highest BCUT2D eigenvalue weighted by molar-refractivity contribution is 6.19. The molecule has 88 valence electrons. The van der Waals surface area contributed by atoms with E-state index in [0.29, 0.717) is 11.3 Å². The van der Waals surface area contributed by atoms with Crippen molar-refractivity contribution in [3.05, 3.63) is 42.5 Å². The van der Waals surface area contributed by atoms with Crippen molar-refractivity contribution < 1.29 is 14.3 Å². The molecular weight excluding hydrogens is 218 g/mol. The van der Waals surface area contributed by atoms with Crippen molar-refractivity contribution >= 4 is 17.6 Å². The Bertz CT molecular complexity index is 485. The maximum absolute atomic E-state index is 12.1. The fraction of sp³-hybridized carbons (Fsp3) is 0.231. The Morgan fingerprint density at radius 2 is 2.24 bits per heavy atom. The number of amides is 1. The van der Waals surface area contributed by atoms with Crippen LogP contribution in [0.4, 0.5) is 5.69 Å². The fourth-order valence-corrected chi connectivity index (χ4v) is 2.19. The number of allylic oxidation sites excluding steroid dienone is 1. The summed E-state index contributed by atoms with van der Waals surface area (Å²) in [6.07, 6.45) is 1.78. The zero-order valence-corrected chi connectivity index (χ0v) is 9.53. The first kappa shape index (κ1) is 11.4. The summed E-state index contributed by atoms with van der Waals surface area (Å²) in [5.74, 6) is -0.912. The molecule has 1 aromatic carbocycles. The predicted octanol–water partition coefficient (Wildman–Crippen LogP) is 1.63. The second-order valence-corrected chi connectivity index (χ2v) is 3.89. The van der Waals surface area contributed by atoms with Crippen molar-refractivity contribution in [1.29, 1.82) is 0 Å². The van der Waals surface area contributed by atoms with Crippen LogP contribution in [0.1, 0.15) is 12.0 Å². The van der Waals surface area contributed by atoms with E-state index in [-0.39, 0.29) is 12.3 Å². The van der Waals surface area contributed by atoms with Crippen molar-refractivity contribution in [1.82, 2.24) is 0 Å². The highest BCUT2D eigenvalue weighted by Gasteiger charge is 2.53. The highest BCUT2D eigenvalue weighted by Crippen LogP contribution is 2.41. The molecule has 1 aliphatic heterocycles. The van der Waals surface area contributed by atoms with Crippen molar-refractivity contribution in [2.24, 2.45) is 0 Å². The summed E-state index contributed by atoms with van der Waals surface area (Å²) in [5, 5.41) is 2.70. The van der Waals surface area contributed by atoms with Gasteiger partial charge in [-0.05, 0) is 12.5 Å². The molecule has 0 bridgehead atoms. The number of fused-ring (bicyclic) bond motifs is 1. The summed E-state index contributed by atoms with van der Waals surface area (Å²) in [6.45, 7) is 3.61. The van der Waals surface area contributed by atoms with Gasteiger partial charge in [0.15, 0.2) is 5.41 Å². The van der Waals surface area contributed by atoms with Crippen LogP contribution in [0.15, 0.2) is 36.9 Å². The van der Waals surface area contributed by atoms with E-state index in [1.807, 2.05) is 0 Å². The Hall–Kier alpha value is -2.10. The van der Waals surface area contributed by atoms with E-state index in [9.17, 15) is 9.59 Å². The molecule has 1 aliphatic rings. The smallest absolute Gasteiger partial charge is 0.326 e. The fourth-order valence-electron chi connectivity index (χ4n) is 2.19. The first-order valence-corrected chi connectivity index (χ1v) is 5.27. The van der Waals surface area contributed by atoms with E-state index >= 15 is 0 Å². The minimum absolute atomic E-state index is 0.225. The standard InChI is InChI=1S/C13H13NO3/c1-3-8-13(12(16)17-2)9-6-4-5-7-10(9)14-11(13)15/h3-7H,1,8H2,2H3,(H,14,15). The largest absolute Gasteiger partial charge is 0.468 e. The Morgan fingerprint density at radius 1 is 1.53 bits per heavy atom. The number of methoxy groups -OCH3 is 1. The number of esters is 1. The van der Waals surface area contributed by atoms with Crippen LogP contribution in [0.5, 0.6) is 0 Å². The predicted molar refractivity (Wildman–Crippen MR) is 63.6 cm³/mol. The van der Waals surface area contributed by atoms with Crippen LogP contribution >= 0.6 is 0 Å². The minimum Gasteiger partial charge on any atom is -0.468 e. The highest BCUT2D eigenvalue weighted by atomic mass is 16.5. The van der Waals surface area contributed by atoms with Crippen molar-refractivity contribution in [2.75, 3.05) is 12.4 Å². The van der Waals surface area contributed by atoms with Crippen molar-refractivity contribution in [2.45, 2.75) is 11.8 Å². The zero-order valence-electron chi connectivity index (χ0n) is 9.53. The van der Waals surface area contributed by atoms with Crippen LogP contribution in [0.3, 0.4) is 0 Å². The van der Waals surface area contributed by atoms with Gasteiger partial charge in [-0.25, -0.2) is 0 Å². The molecule has 1 N–H and O–H groups in total. The van der Waals surface area contributed by atoms with Crippen LogP contribution in [-0.2, 0) is 19.7 Å². The summed E-state index contributed by atoms with van der Waals surface area (Å²) >= 11 is 0. The van der Waals surface area contributed by atoms with E-state index in [1.54, 1.807) is 30.3 Å². The second kappa shape index (κ2) is 4.05. The number of carbonyl (C=O) groups excluding carboxylic acids is 2. The van der Waals surface area contributed by atoms with E-state index < -0.39 is 11.4 Å². The molecule has 0 aliphatic carbocycles. The van der Waals surface area contributed by atoms with E-state index in [4.69, 9.17) is 4.74 Å². The SMILES string of the molecule is C=CCC1(C(=O)OC)C(=O)Nc2ccccc21. The zero-order chi connectivity index (χ0) is 12.5. The van der Waals surface area contributed by atoms with Crippen LogP contribution in [-0.4, -0.2) is 19.0 Å². The maximum Gasteiger partial charge on any atom is 0.326 e. The van der Waals surface area contributed by atoms with Gasteiger partial charge in [0, 0.05) is 11.3 Å². The monoisotopic (exact) mass is 231 g/mol. The maximum atomic E-state index is 12.1. The molecule has 17 heavy (non-hydrogen) atoms. The van der Waals surface area contributed by atoms with Gasteiger partial charge in [0.25, 0.3) is 0 Å². The van der Waals surface area contributed by atoms with Crippen molar-refractivity contribution in [3.63, 3.8) is 0 Å². The molecule has 1 amide bonds. The number of nitrogens with one attached hydrogen (secondary N) is 1. The van der Waals surface area contributed by atoms with E-state index in [2.05, 4.69) is 11.9 Å². The lowest BCUT2D eigenvalue weighted by Crippen LogP contribution is -2.42. The lowest BCUT2D eigenvalue weighted by Gasteiger charge is -2.22. The third kappa shape index (κ3) is 1.45. The molecule has 1 heterocycles. The number of carbonyl (C=O) groups is 2. The van der Waals surface area contributed by atoms with Gasteiger partial charge < -0.3 is 10.1 Å². The third-order valence-corrected chi connectivity index (χ3v) is 3.01. The Kier molecular flexibility index (Phi) is 2.71. The van der Waals surface area contributed by atoms with Gasteiger partial charge >= 0.3 is 5.97 Å². The summed E-state index contributed by atoms with van der Waals surface area (Å²) in [7, 11) is 1.28. The summed E-state index contributed by atoms with van der Waals surface area (Å²) in [4.78, 5) is 24.1. The van der Waals surface area contributed by atoms with Gasteiger partial charge in [0.2, 0.25) is 5.91 Å². The number of rotatable bonds is 3. The summed E-state index contributed by atoms with van der Waals surface area (Å²) in [5.41, 5.74) is 0.0223. The van der Waals surface area contributed by atoms with Crippen LogP contribution in [0.2, 0.25) is 0 Å². The average Bonchev–Trinajstić information content (AvgIpc) is 2.63. The molecule has 1 atom stereocenters. The van der Waals surface area contributed by atoms with Crippen LogP contribution in [0, 0.1) is 0 Å². The molecule has 0 spiro atoms. The molecule has 0 saturated heterocycles. The lowest BCUT2D eigenvalue weighted by atomic mass is 9.78. The van der Waals surface area contributed by atoms with Crippen LogP contribution < -0.4 is 5.32 Å². The number of ether oxygens (including phenoxy) is 1. The summed E-state index contributed by atoms with van der Waals surface area (Å²) < 4.78 is 4.77. The molecule has 4 nitrogen and oxygen atoms in total. The number of hydrogen-bond donors (Lipinski definition) is 1. The van der Waals surface area contributed by atoms with Crippen molar-refractivity contribution in [3.8, 4) is 0 Å². The van der Waals surface area contributed by atoms with Gasteiger partial charge in [-0.3, -0.25) is 9.59 Å². The number of benzene rings is 1. The summed E-state index contributed by atoms with van der Waals surface area (Å²) in [6, 6.07) is 7.12. The lowest BCUT2D eigenvalue weighted by molar-refractivity contribution is -0.150. The first-order valence-electron chi connectivity index (χ1n) is 5.27. The molecular formula is C13H13NO3. The minimum atomic E-state index is -1.28. The number of hydrogen-bond acceptors (Lipinski definition) is 3. The van der Waals surface area contributed by atoms with Crippen LogP contribution in [0.25, 0.3) is 0 Å². The van der Waals surface area contributed by atoms with Gasteiger partial charge in [0.1, 0.15) is 0 Å². The Labute approximate surface area is 99.3 Å². The second-order valence-electron chi connectivity index (χ2n) is 3.89. The van der Waals surface area contributed by atoms with Gasteiger partial charge in [-0.15, -0.1) is 6.58 Å². The molecule has 0 radical (unpaired) electrons. The Morgan fingerprint density at radius 3 is 2.88 bits per heavy atom. The third-order valence-electron chi connectivity index (χ3n) is 3.01. The van der Waals surface area contributed by atoms with Gasteiger partial charge in [0.05, 0.1) is 7.11 Å². The van der Waals surface area contributed by atoms with E-state index in [1.165, 1.54) is 7.11 Å². The molecule has 0 fully saturated rings. The molecule has 2 rings (SSSR count). The van der Waals surface area contributed by atoms with Gasteiger partial charge in [-0.2, -0.15) is 0 Å². The normalized spacial score (nSPS) is 21.6. The molecule has 4 heteroatoms. The number of anilines is 1. The topological polar surface area (TPSA) is 55.4 Å². The Balaban J connectivity index is 2.63. The number of para-hydroxylation sites is 1.